The summed E-state index contributed by atoms with van der Waals surface area (Å²) in [5.41, 5.74) is -0.164. The van der Waals surface area contributed by atoms with Gasteiger partial charge in [0, 0.05) is 40.3 Å². The van der Waals surface area contributed by atoms with Crippen LogP contribution in [0.3, 0.4) is 0 Å². The Morgan fingerprint density at radius 1 is 0.636 bits per heavy atom. The number of fused-ring (bicyclic) bond motifs is 4. The average molecular weight is 627 g/mol. The molecule has 0 fully saturated rings. The van der Waals surface area contributed by atoms with E-state index in [1.165, 1.54) is 22.7 Å². The summed E-state index contributed by atoms with van der Waals surface area (Å²) in [4.78, 5) is 50.5. The molecule has 1 unspecified atom stereocenters. The molecule has 2 aromatic heterocycles. The minimum absolute atomic E-state index is 0.00655. The molecule has 0 saturated carbocycles. The number of carbonyl (C=O) groups excluding carboxylic acids is 2. The van der Waals surface area contributed by atoms with Gasteiger partial charge in [-0.1, -0.05) is 24.3 Å². The normalized spacial score (nSPS) is 12.0. The molecular weight excluding hydrogens is 601 g/mol. The standard InChI is InChI=1S/C34H26O8S2/c1-20(27(35)18-41-21-10-12-30-25(16-21)33(37)23-6-2-4-8-28(23)43-30)39-14-15-40-32(36)19-42-22-11-13-31-26(17-22)34(38)24-7-3-5-9-29(24)44-31/h2-13,16-17,20H,14-15,18-19H2,1H3. The van der Waals surface area contributed by atoms with Gasteiger partial charge in [0.15, 0.2) is 23.2 Å². The second-order valence-electron chi connectivity index (χ2n) is 9.95. The summed E-state index contributed by atoms with van der Waals surface area (Å²) in [6.07, 6.45) is -0.789. The molecule has 0 aliphatic rings. The second-order valence-corrected chi connectivity index (χ2v) is 12.1. The van der Waals surface area contributed by atoms with E-state index >= 15 is 0 Å². The Morgan fingerprint density at radius 2 is 1.14 bits per heavy atom. The number of ether oxygens (including phenoxy) is 4. The molecule has 0 spiro atoms. The number of Topliss-reactive ketones (excluding diaryl/α,β-unsaturated/α-hetero) is 1. The van der Waals surface area contributed by atoms with Crippen LogP contribution in [0.25, 0.3) is 40.3 Å². The quantitative estimate of drug-likeness (QED) is 0.0963. The lowest BCUT2D eigenvalue weighted by Crippen LogP contribution is -2.28. The lowest BCUT2D eigenvalue weighted by atomic mass is 10.2. The van der Waals surface area contributed by atoms with Crippen LogP contribution in [-0.2, 0) is 19.1 Å². The smallest absolute Gasteiger partial charge is 0.344 e. The van der Waals surface area contributed by atoms with Crippen molar-refractivity contribution in [3.8, 4) is 11.5 Å². The molecule has 10 heteroatoms. The van der Waals surface area contributed by atoms with E-state index in [1.54, 1.807) is 49.4 Å². The monoisotopic (exact) mass is 626 g/mol. The van der Waals surface area contributed by atoms with Crippen LogP contribution < -0.4 is 20.3 Å². The lowest BCUT2D eigenvalue weighted by Gasteiger charge is -2.13. The molecule has 0 N–H and O–H groups in total. The Kier molecular flexibility index (Phi) is 8.65. The molecule has 0 radical (unpaired) electrons. The summed E-state index contributed by atoms with van der Waals surface area (Å²) in [7, 11) is 0. The summed E-state index contributed by atoms with van der Waals surface area (Å²) >= 11 is 3.04. The zero-order valence-corrected chi connectivity index (χ0v) is 25.2. The van der Waals surface area contributed by atoms with Gasteiger partial charge in [0.25, 0.3) is 0 Å². The minimum Gasteiger partial charge on any atom is -0.486 e. The average Bonchev–Trinajstić information content (AvgIpc) is 3.05. The van der Waals surface area contributed by atoms with Crippen molar-refractivity contribution in [2.45, 2.75) is 13.0 Å². The number of hydrogen-bond acceptors (Lipinski definition) is 10. The van der Waals surface area contributed by atoms with Gasteiger partial charge in [0.2, 0.25) is 0 Å². The van der Waals surface area contributed by atoms with Crippen molar-refractivity contribution >= 4 is 74.8 Å². The third-order valence-electron chi connectivity index (χ3n) is 7.00. The first-order valence-electron chi connectivity index (χ1n) is 13.8. The first kappa shape index (κ1) is 29.4. The van der Waals surface area contributed by atoms with Crippen molar-refractivity contribution in [3.63, 3.8) is 0 Å². The fraction of sp³-hybridized carbons (Fsp3) is 0.176. The fourth-order valence-electron chi connectivity index (χ4n) is 4.67. The first-order chi connectivity index (χ1) is 21.4. The van der Waals surface area contributed by atoms with Crippen LogP contribution in [0.1, 0.15) is 6.92 Å². The van der Waals surface area contributed by atoms with E-state index in [-0.39, 0.29) is 43.1 Å². The topological polar surface area (TPSA) is 105 Å². The lowest BCUT2D eigenvalue weighted by molar-refractivity contribution is -0.148. The zero-order chi connectivity index (χ0) is 30.6. The maximum absolute atomic E-state index is 12.9. The Balaban J connectivity index is 0.948. The van der Waals surface area contributed by atoms with E-state index in [0.29, 0.717) is 33.0 Å². The van der Waals surface area contributed by atoms with Gasteiger partial charge >= 0.3 is 5.97 Å². The van der Waals surface area contributed by atoms with Crippen LogP contribution in [-0.4, -0.2) is 44.3 Å². The zero-order valence-electron chi connectivity index (χ0n) is 23.6. The molecule has 2 heterocycles. The molecular formula is C34H26O8S2. The van der Waals surface area contributed by atoms with Crippen molar-refractivity contribution < 1.29 is 28.5 Å². The molecule has 0 saturated heterocycles. The summed E-state index contributed by atoms with van der Waals surface area (Å²) in [6, 6.07) is 25.2. The maximum Gasteiger partial charge on any atom is 0.344 e. The maximum atomic E-state index is 12.9. The van der Waals surface area contributed by atoms with Gasteiger partial charge in [-0.05, 0) is 67.6 Å². The van der Waals surface area contributed by atoms with E-state index in [2.05, 4.69) is 0 Å². The van der Waals surface area contributed by atoms with Crippen LogP contribution in [0.4, 0.5) is 0 Å². The molecule has 0 bridgehead atoms. The van der Waals surface area contributed by atoms with Gasteiger partial charge in [-0.15, -0.1) is 22.7 Å². The molecule has 6 aromatic rings. The molecule has 4 aromatic carbocycles. The van der Waals surface area contributed by atoms with E-state index in [1.807, 2.05) is 42.5 Å². The highest BCUT2D eigenvalue weighted by Crippen LogP contribution is 2.28. The molecule has 0 aliphatic carbocycles. The Hall–Kier alpha value is -4.64. The first-order valence-corrected chi connectivity index (χ1v) is 15.5. The third-order valence-corrected chi connectivity index (χ3v) is 9.30. The van der Waals surface area contributed by atoms with E-state index < -0.39 is 12.1 Å². The summed E-state index contributed by atoms with van der Waals surface area (Å²) < 4.78 is 25.4. The molecule has 6 rings (SSSR count). The highest BCUT2D eigenvalue weighted by molar-refractivity contribution is 7.24. The van der Waals surface area contributed by atoms with E-state index in [9.17, 15) is 19.2 Å². The van der Waals surface area contributed by atoms with Crippen LogP contribution >= 0.6 is 22.7 Å². The summed E-state index contributed by atoms with van der Waals surface area (Å²) in [5, 5.41) is 2.36. The van der Waals surface area contributed by atoms with Gasteiger partial charge in [0.05, 0.1) is 6.61 Å². The van der Waals surface area contributed by atoms with Crippen LogP contribution in [0.2, 0.25) is 0 Å². The van der Waals surface area contributed by atoms with Gasteiger partial charge in [0.1, 0.15) is 30.8 Å². The molecule has 8 nitrogen and oxygen atoms in total. The summed E-state index contributed by atoms with van der Waals surface area (Å²) in [5.74, 6) is -0.108. The highest BCUT2D eigenvalue weighted by Gasteiger charge is 2.16. The van der Waals surface area contributed by atoms with Crippen LogP contribution in [0, 0.1) is 0 Å². The number of ketones is 1. The molecule has 0 aliphatic heterocycles. The predicted molar refractivity (Wildman–Crippen MR) is 174 cm³/mol. The summed E-state index contributed by atoms with van der Waals surface area (Å²) in [6.45, 7) is 0.954. The Morgan fingerprint density at radius 3 is 1.70 bits per heavy atom. The largest absolute Gasteiger partial charge is 0.486 e. The SMILES string of the molecule is CC(OCCOC(=O)COc1ccc2sc3ccccc3c(=O)c2c1)C(=O)COc1ccc2sc3ccccc3c(=O)c2c1. The highest BCUT2D eigenvalue weighted by atomic mass is 32.1. The van der Waals surface area contributed by atoms with Crippen LogP contribution in [0.15, 0.2) is 94.5 Å². The number of hydrogen-bond donors (Lipinski definition) is 0. The number of rotatable bonds is 11. The molecule has 1 atom stereocenters. The fourth-order valence-corrected chi connectivity index (χ4v) is 6.78. The Bertz CT molecular complexity index is 2150. The van der Waals surface area contributed by atoms with E-state index in [0.717, 1.165) is 18.8 Å². The predicted octanol–water partition coefficient (Wildman–Crippen LogP) is 6.12. The van der Waals surface area contributed by atoms with E-state index in [4.69, 9.17) is 18.9 Å². The van der Waals surface area contributed by atoms with Gasteiger partial charge in [-0.3, -0.25) is 14.4 Å². The van der Waals surface area contributed by atoms with Crippen molar-refractivity contribution in [3.05, 3.63) is 105 Å². The van der Waals surface area contributed by atoms with Crippen molar-refractivity contribution in [2.24, 2.45) is 0 Å². The number of benzene rings is 4. The van der Waals surface area contributed by atoms with Crippen molar-refractivity contribution in [1.82, 2.24) is 0 Å². The van der Waals surface area contributed by atoms with Gasteiger partial charge in [-0.25, -0.2) is 4.79 Å². The minimum atomic E-state index is -0.789. The molecule has 0 amide bonds. The Labute approximate surface area is 259 Å². The van der Waals surface area contributed by atoms with Gasteiger partial charge < -0.3 is 18.9 Å². The van der Waals surface area contributed by atoms with Crippen LogP contribution in [0.5, 0.6) is 11.5 Å². The second kappa shape index (κ2) is 12.9. The molecule has 222 valence electrons. The number of carbonyl (C=O) groups is 2. The third kappa shape index (κ3) is 6.33. The molecule has 44 heavy (non-hydrogen) atoms. The van der Waals surface area contributed by atoms with Crippen molar-refractivity contribution in [2.75, 3.05) is 26.4 Å². The van der Waals surface area contributed by atoms with Crippen molar-refractivity contribution in [1.29, 1.82) is 0 Å². The van der Waals surface area contributed by atoms with Gasteiger partial charge in [-0.2, -0.15) is 0 Å². The number of esters is 1.